The van der Waals surface area contributed by atoms with Crippen molar-refractivity contribution in [2.24, 2.45) is 7.05 Å². The Morgan fingerprint density at radius 3 is 1.16 bits per heavy atom. The second-order valence-electron chi connectivity index (χ2n) is 20.4. The minimum Gasteiger partial charge on any atom is -0.344 e. The van der Waals surface area contributed by atoms with Gasteiger partial charge in [0, 0.05) is 75.4 Å². The summed E-state index contributed by atoms with van der Waals surface area (Å²) in [5.74, 6) is 3.23. The van der Waals surface area contributed by atoms with Gasteiger partial charge in [-0.2, -0.15) is 0 Å². The molecule has 10 heteroatoms. The summed E-state index contributed by atoms with van der Waals surface area (Å²) < 4.78 is 38.6. The van der Waals surface area contributed by atoms with Gasteiger partial charge in [-0.3, -0.25) is 9.97 Å². The van der Waals surface area contributed by atoms with Crippen LogP contribution >= 0.6 is 0 Å². The normalized spacial score (nSPS) is 10.6. The first-order valence-electron chi connectivity index (χ1n) is 30.5. The fraction of sp³-hybridized carbons (Fsp3) is 0.301. The maximum atomic E-state index is 7.31. The minimum absolute atomic E-state index is 0.124. The fourth-order valence-electron chi connectivity index (χ4n) is 8.19. The van der Waals surface area contributed by atoms with Crippen molar-refractivity contribution in [2.75, 3.05) is 0 Å². The molecule has 0 spiro atoms. The molecule has 0 aliphatic rings. The molecule has 0 bridgehead atoms. The van der Waals surface area contributed by atoms with Crippen LogP contribution in [0.3, 0.4) is 0 Å². The molecule has 6 aromatic heterocycles. The summed E-state index contributed by atoms with van der Waals surface area (Å²) in [5, 5.41) is 2.68. The number of aryl methyl sites for hydroxylation is 17. The Hall–Kier alpha value is -8.63. The molecule has 0 amide bonds. The highest BCUT2D eigenvalue weighted by Crippen LogP contribution is 2.27. The Balaban J connectivity index is 0.000000260. The topological polar surface area (TPSA) is 121 Å². The number of hydrogen-bond donors (Lipinski definition) is 0. The zero-order chi connectivity index (χ0) is 65.9. The molecule has 0 unspecified atom stereocenters. The zero-order valence-electron chi connectivity index (χ0n) is 58.4. The van der Waals surface area contributed by atoms with Crippen molar-refractivity contribution in [3.63, 3.8) is 0 Å². The highest BCUT2D eigenvalue weighted by atomic mass is 15.0. The average Bonchev–Trinajstić information content (AvgIpc) is 3.61. The van der Waals surface area contributed by atoms with Crippen LogP contribution in [-0.4, -0.2) is 49.4 Å². The third kappa shape index (κ3) is 25.4. The van der Waals surface area contributed by atoms with E-state index in [4.69, 9.17) is 6.85 Å². The molecule has 0 radical (unpaired) electrons. The summed E-state index contributed by atoms with van der Waals surface area (Å²) in [6, 6.07) is 38.9. The molecular formula is C73H92N10. The Morgan fingerprint density at radius 1 is 0.386 bits per heavy atom. The van der Waals surface area contributed by atoms with E-state index in [9.17, 15) is 0 Å². The minimum atomic E-state index is -0.337. The van der Waals surface area contributed by atoms with E-state index >= 15 is 0 Å². The van der Waals surface area contributed by atoms with Crippen molar-refractivity contribution in [1.82, 2.24) is 49.4 Å². The van der Waals surface area contributed by atoms with Crippen LogP contribution < -0.4 is 0 Å². The number of fused-ring (bicyclic) bond motifs is 3. The molecule has 0 saturated heterocycles. The number of benzene rings is 5. The predicted molar refractivity (Wildman–Crippen MR) is 351 cm³/mol. The number of hydrogen-bond acceptors (Lipinski definition) is 9. The Morgan fingerprint density at radius 2 is 0.783 bits per heavy atom. The fourth-order valence-corrected chi connectivity index (χ4v) is 8.19. The van der Waals surface area contributed by atoms with E-state index < -0.39 is 0 Å². The third-order valence-corrected chi connectivity index (χ3v) is 13.2. The smallest absolute Gasteiger partial charge is 0.129 e. The summed E-state index contributed by atoms with van der Waals surface area (Å²) in [6.45, 7) is 40.0. The van der Waals surface area contributed by atoms with Crippen LogP contribution in [0, 0.1) is 132 Å². The zero-order valence-corrected chi connectivity index (χ0v) is 53.4. The second kappa shape index (κ2) is 36.0. The van der Waals surface area contributed by atoms with Gasteiger partial charge < -0.3 is 4.57 Å². The molecule has 83 heavy (non-hydrogen) atoms. The van der Waals surface area contributed by atoms with E-state index in [1.165, 1.54) is 78.8 Å². The summed E-state index contributed by atoms with van der Waals surface area (Å²) in [7, 11) is 2.12. The predicted octanol–water partition coefficient (Wildman–Crippen LogP) is 17.8. The van der Waals surface area contributed by atoms with Crippen molar-refractivity contribution in [3.05, 3.63) is 277 Å². The lowest BCUT2D eigenvalue weighted by Gasteiger charge is -2.00. The summed E-state index contributed by atoms with van der Waals surface area (Å²) in [4.78, 5) is 36.6. The lowest BCUT2D eigenvalue weighted by atomic mass is 10.1. The summed E-state index contributed by atoms with van der Waals surface area (Å²) in [5.41, 5.74) is 21.3. The molecule has 434 valence electrons. The highest BCUT2D eigenvalue weighted by Gasteiger charge is 2.05. The monoisotopic (exact) mass is 1110 g/mol. The molecule has 11 aromatic rings. The average molecular weight is 1110 g/mol. The van der Waals surface area contributed by atoms with Gasteiger partial charge in [-0.25, -0.2) is 34.9 Å². The molecule has 0 atom stereocenters. The van der Waals surface area contributed by atoms with Crippen molar-refractivity contribution in [3.8, 4) is 0 Å². The van der Waals surface area contributed by atoms with Crippen LogP contribution in [0.25, 0.3) is 21.8 Å². The van der Waals surface area contributed by atoms with Crippen LogP contribution in [0.15, 0.2) is 164 Å². The van der Waals surface area contributed by atoms with Gasteiger partial charge in [-0.1, -0.05) is 128 Å². The van der Waals surface area contributed by atoms with Gasteiger partial charge in [0.2, 0.25) is 0 Å². The van der Waals surface area contributed by atoms with E-state index in [0.717, 1.165) is 63.9 Å². The van der Waals surface area contributed by atoms with Gasteiger partial charge in [0.1, 0.15) is 29.6 Å². The first kappa shape index (κ1) is 60.5. The standard InChI is InChI=1S/C13H11N.C9H12.2C8H11N.C8H10.2C7H10N2.C7H8.C6H9N3/c1-14-12-8-4-2-6-10(12)11-7-3-5-9-13(11)14;1-7-5-4-6-8(2)9(7)3;1-6-4-9-5-7(2)8(6)3;1-6-4-7(2)9-8(3)5-6;1-2-8-6-4-3-5-7-8;1-5-6(2)8-4-9-7(5)3;1-5-4-6(2)9-7(3)8-5;1-7-5-3-2-4-6-7;1-4-7-5(2)9-6(3)8-4/h2-9H,1H3;4-6H,1-3H3;2*4-5H,1-3H3;3-7H,2H2,1H3;2*4H,1-3H3;2-6H,1H3;1-3H3/i;;;;;;;2D,3D,4D,5D,6D;. The van der Waals surface area contributed by atoms with Gasteiger partial charge in [0.15, 0.2) is 0 Å². The van der Waals surface area contributed by atoms with Crippen LogP contribution in [0.4, 0.5) is 0 Å². The largest absolute Gasteiger partial charge is 0.344 e. The maximum Gasteiger partial charge on any atom is 0.129 e. The lowest BCUT2D eigenvalue weighted by Crippen LogP contribution is -1.97. The molecule has 11 rings (SSSR count). The van der Waals surface area contributed by atoms with Gasteiger partial charge >= 0.3 is 0 Å². The molecule has 0 N–H and O–H groups in total. The Kier molecular flexibility index (Phi) is 26.2. The summed E-state index contributed by atoms with van der Waals surface area (Å²) >= 11 is 0. The molecule has 5 aromatic carbocycles. The number of rotatable bonds is 1. The molecular weight excluding hydrogens is 1020 g/mol. The van der Waals surface area contributed by atoms with Crippen molar-refractivity contribution >= 4 is 21.8 Å². The lowest BCUT2D eigenvalue weighted by molar-refractivity contribution is 0.875. The van der Waals surface area contributed by atoms with Crippen LogP contribution in [-0.2, 0) is 13.5 Å². The van der Waals surface area contributed by atoms with Gasteiger partial charge in [-0.05, 0) is 218 Å². The number of aromatic nitrogens is 10. The van der Waals surface area contributed by atoms with Crippen molar-refractivity contribution < 1.29 is 6.85 Å². The van der Waals surface area contributed by atoms with Crippen LogP contribution in [0.2, 0.25) is 0 Å². The third-order valence-electron chi connectivity index (χ3n) is 13.2. The van der Waals surface area contributed by atoms with Crippen molar-refractivity contribution in [2.45, 2.75) is 145 Å². The molecule has 6 heterocycles. The first-order valence-corrected chi connectivity index (χ1v) is 28.0. The molecule has 0 aliphatic heterocycles. The van der Waals surface area contributed by atoms with E-state index in [1.807, 2.05) is 101 Å². The van der Waals surface area contributed by atoms with E-state index in [-0.39, 0.29) is 30.2 Å². The second-order valence-corrected chi connectivity index (χ2v) is 20.4. The number of para-hydroxylation sites is 2. The molecule has 0 saturated carbocycles. The Bertz CT molecular complexity index is 3390. The quantitative estimate of drug-likeness (QED) is 0.158. The van der Waals surface area contributed by atoms with Gasteiger partial charge in [0.05, 0.1) is 6.85 Å². The number of nitrogens with zero attached hydrogens (tertiary/aromatic N) is 10. The van der Waals surface area contributed by atoms with E-state index in [1.54, 1.807) is 6.33 Å². The van der Waals surface area contributed by atoms with Gasteiger partial charge in [0.25, 0.3) is 0 Å². The van der Waals surface area contributed by atoms with E-state index in [0.29, 0.717) is 5.56 Å². The van der Waals surface area contributed by atoms with Gasteiger partial charge in [-0.15, -0.1) is 0 Å². The first-order chi connectivity index (χ1) is 41.5. The van der Waals surface area contributed by atoms with Crippen molar-refractivity contribution in [1.29, 1.82) is 0 Å². The Labute approximate surface area is 505 Å². The van der Waals surface area contributed by atoms with Crippen LogP contribution in [0.5, 0.6) is 0 Å². The number of pyridine rings is 2. The molecule has 10 nitrogen and oxygen atoms in total. The maximum absolute atomic E-state index is 7.31. The van der Waals surface area contributed by atoms with Crippen LogP contribution in [0.1, 0.15) is 127 Å². The SMILES string of the molecule is CCc1ccccc1.Cc1cc(C)nc(C)c1.Cc1cc(C)nc(C)n1.Cc1cccc(C)c1C.Cc1cncc(C)c1C.Cc1nc(C)nc(C)n1.Cc1ncnc(C)c1C.Cn1c2ccccc2c2ccccc21.[2H]c1c([2H])c([2H])c(C)c([2H])c1[2H]. The van der Waals surface area contributed by atoms with E-state index in [2.05, 4.69) is 215 Å². The molecule has 0 aliphatic carbocycles. The highest BCUT2D eigenvalue weighted by molar-refractivity contribution is 6.07. The molecule has 0 fully saturated rings. The summed E-state index contributed by atoms with van der Waals surface area (Å²) in [6.07, 6.45) is 6.52.